The number of carbonyl (C=O) groups excluding carboxylic acids is 2. The van der Waals surface area contributed by atoms with Crippen LogP contribution < -0.4 is 5.32 Å². The molecule has 0 aliphatic carbocycles. The molecule has 2 aromatic rings. The number of hydrogen-bond acceptors (Lipinski definition) is 5. The largest absolute Gasteiger partial charge is 0.326 e. The van der Waals surface area contributed by atoms with Gasteiger partial charge in [-0.1, -0.05) is 43.3 Å². The fourth-order valence-electron chi connectivity index (χ4n) is 4.24. The first kappa shape index (κ1) is 19.8. The van der Waals surface area contributed by atoms with E-state index < -0.39 is 21.4 Å². The van der Waals surface area contributed by atoms with Crippen molar-refractivity contribution in [3.63, 3.8) is 0 Å². The van der Waals surface area contributed by atoms with Gasteiger partial charge in [0.15, 0.2) is 9.84 Å². The molecule has 2 saturated heterocycles. The van der Waals surface area contributed by atoms with E-state index in [4.69, 9.17) is 0 Å². The van der Waals surface area contributed by atoms with E-state index in [1.807, 2.05) is 54.3 Å². The fraction of sp³-hybridized carbons (Fsp3) is 0.429. The highest BCUT2D eigenvalue weighted by atomic mass is 32.2. The maximum absolute atomic E-state index is 13.3. The monoisotopic (exact) mass is 415 g/mol. The number of nitrogens with zero attached hydrogens (tertiary/aromatic N) is 2. The van der Waals surface area contributed by atoms with Gasteiger partial charge in [0, 0.05) is 6.04 Å². The summed E-state index contributed by atoms with van der Waals surface area (Å²) >= 11 is 0. The van der Waals surface area contributed by atoms with Crippen molar-refractivity contribution in [3.8, 4) is 0 Å². The number of fused-ring (bicyclic) bond motifs is 1. The minimum Gasteiger partial charge on any atom is -0.319 e. The van der Waals surface area contributed by atoms with Gasteiger partial charge in [-0.25, -0.2) is 18.1 Å². The molecule has 0 bridgehead atoms. The van der Waals surface area contributed by atoms with Crippen LogP contribution in [-0.2, 0) is 20.2 Å². The van der Waals surface area contributed by atoms with Crippen molar-refractivity contribution in [2.24, 2.45) is 0 Å². The van der Waals surface area contributed by atoms with Gasteiger partial charge >= 0.3 is 6.03 Å². The number of amides is 3. The van der Waals surface area contributed by atoms with Gasteiger partial charge in [-0.15, -0.1) is 0 Å². The number of nitrogens with one attached hydrogen (secondary N) is 1. The summed E-state index contributed by atoms with van der Waals surface area (Å²) < 4.78 is 23.7. The Morgan fingerprint density at radius 1 is 1.17 bits per heavy atom. The first-order valence-electron chi connectivity index (χ1n) is 9.81. The lowest BCUT2D eigenvalue weighted by molar-refractivity contribution is -0.132. The maximum Gasteiger partial charge on any atom is 0.326 e. The maximum atomic E-state index is 13.3. The number of sulfone groups is 1. The third kappa shape index (κ3) is 3.51. The second-order valence-corrected chi connectivity index (χ2v) is 10.2. The second-order valence-electron chi connectivity index (χ2n) is 7.95. The standard InChI is InChI=1S/C21H25N3O4S/c1-3-23(18-10-11-29(27,28)13-18)14-24-19(25)21(2,22-20(24)26)17-9-8-15-6-4-5-7-16(15)12-17/h4-9,12,18H,3,10-11,13-14H2,1-2H3,(H,22,26)/t18-,21-/m1/s1. The first-order chi connectivity index (χ1) is 13.7. The number of urea groups is 1. The first-order valence-corrected chi connectivity index (χ1v) is 11.6. The summed E-state index contributed by atoms with van der Waals surface area (Å²) in [5.74, 6) is -0.0905. The number of benzene rings is 2. The summed E-state index contributed by atoms with van der Waals surface area (Å²) in [5, 5.41) is 4.90. The molecule has 7 nitrogen and oxygen atoms in total. The average Bonchev–Trinajstić information content (AvgIpc) is 3.16. The molecule has 0 aromatic heterocycles. The zero-order valence-corrected chi connectivity index (χ0v) is 17.4. The molecule has 2 aliphatic heterocycles. The predicted octanol–water partition coefficient (Wildman–Crippen LogP) is 2.07. The number of hydrogen-bond donors (Lipinski definition) is 1. The van der Waals surface area contributed by atoms with E-state index in [2.05, 4.69) is 5.32 Å². The number of imide groups is 1. The zero-order valence-electron chi connectivity index (χ0n) is 16.6. The van der Waals surface area contributed by atoms with Crippen molar-refractivity contribution in [2.75, 3.05) is 24.7 Å². The molecule has 2 atom stereocenters. The summed E-state index contributed by atoms with van der Waals surface area (Å²) in [5.41, 5.74) is -0.425. The smallest absolute Gasteiger partial charge is 0.319 e. The highest BCUT2D eigenvalue weighted by Crippen LogP contribution is 2.31. The summed E-state index contributed by atoms with van der Waals surface area (Å²) in [6.07, 6.45) is 0.530. The molecule has 8 heteroatoms. The van der Waals surface area contributed by atoms with E-state index in [0.717, 1.165) is 16.3 Å². The molecule has 4 rings (SSSR count). The fourth-order valence-corrected chi connectivity index (χ4v) is 6.00. The number of carbonyl (C=O) groups is 2. The highest BCUT2D eigenvalue weighted by Gasteiger charge is 2.50. The molecule has 1 N–H and O–H groups in total. The molecule has 154 valence electrons. The van der Waals surface area contributed by atoms with Crippen molar-refractivity contribution < 1.29 is 18.0 Å². The minimum absolute atomic E-state index is 0.0758. The van der Waals surface area contributed by atoms with E-state index in [-0.39, 0.29) is 30.1 Å². The van der Waals surface area contributed by atoms with E-state index in [9.17, 15) is 18.0 Å². The molecule has 0 spiro atoms. The van der Waals surface area contributed by atoms with Crippen LogP contribution in [0.1, 0.15) is 25.8 Å². The molecule has 29 heavy (non-hydrogen) atoms. The molecule has 0 radical (unpaired) electrons. The topological polar surface area (TPSA) is 86.8 Å². The molecule has 3 amide bonds. The normalized spacial score (nSPS) is 26.4. The summed E-state index contributed by atoms with van der Waals surface area (Å²) in [4.78, 5) is 29.0. The zero-order chi connectivity index (χ0) is 20.8. The molecule has 2 heterocycles. The van der Waals surface area contributed by atoms with Gasteiger partial charge in [-0.05, 0) is 42.3 Å². The number of rotatable bonds is 5. The summed E-state index contributed by atoms with van der Waals surface area (Å²) in [6, 6.07) is 13.0. The third-order valence-electron chi connectivity index (χ3n) is 6.06. The van der Waals surface area contributed by atoms with Crippen LogP contribution in [0, 0.1) is 0 Å². The van der Waals surface area contributed by atoms with Crippen molar-refractivity contribution in [2.45, 2.75) is 31.8 Å². The third-order valence-corrected chi connectivity index (χ3v) is 7.81. The van der Waals surface area contributed by atoms with Crippen LogP contribution in [0.15, 0.2) is 42.5 Å². The van der Waals surface area contributed by atoms with Gasteiger partial charge in [0.2, 0.25) is 0 Å². The molecule has 2 aliphatic rings. The Morgan fingerprint density at radius 3 is 2.55 bits per heavy atom. The Hall–Kier alpha value is -2.45. The second kappa shape index (κ2) is 7.11. The molecule has 2 aromatic carbocycles. The molecule has 0 saturated carbocycles. The van der Waals surface area contributed by atoms with Crippen LogP contribution in [0.25, 0.3) is 10.8 Å². The van der Waals surface area contributed by atoms with Crippen LogP contribution in [0.2, 0.25) is 0 Å². The average molecular weight is 416 g/mol. The molecule has 0 unspecified atom stereocenters. The van der Waals surface area contributed by atoms with Gasteiger partial charge in [0.25, 0.3) is 5.91 Å². The van der Waals surface area contributed by atoms with Gasteiger partial charge in [-0.2, -0.15) is 0 Å². The Morgan fingerprint density at radius 2 is 1.90 bits per heavy atom. The summed E-state index contributed by atoms with van der Waals surface area (Å²) in [7, 11) is -3.04. The Balaban J connectivity index is 1.58. The Bertz CT molecular complexity index is 1080. The Labute approximate surface area is 170 Å². The van der Waals surface area contributed by atoms with Crippen LogP contribution in [0.5, 0.6) is 0 Å². The van der Waals surface area contributed by atoms with Gasteiger partial charge in [-0.3, -0.25) is 9.69 Å². The van der Waals surface area contributed by atoms with E-state index in [0.29, 0.717) is 13.0 Å². The van der Waals surface area contributed by atoms with Crippen molar-refractivity contribution >= 4 is 32.5 Å². The van der Waals surface area contributed by atoms with E-state index >= 15 is 0 Å². The van der Waals surface area contributed by atoms with Gasteiger partial charge in [0.05, 0.1) is 18.2 Å². The van der Waals surface area contributed by atoms with Gasteiger partial charge < -0.3 is 5.32 Å². The van der Waals surface area contributed by atoms with Crippen LogP contribution in [0.4, 0.5) is 4.79 Å². The van der Waals surface area contributed by atoms with E-state index in [1.165, 1.54) is 4.90 Å². The predicted molar refractivity (Wildman–Crippen MR) is 111 cm³/mol. The van der Waals surface area contributed by atoms with Crippen LogP contribution >= 0.6 is 0 Å². The van der Waals surface area contributed by atoms with Gasteiger partial charge in [0.1, 0.15) is 5.54 Å². The van der Waals surface area contributed by atoms with Crippen molar-refractivity contribution in [1.29, 1.82) is 0 Å². The SMILES string of the molecule is CCN(CN1C(=O)N[C@](C)(c2ccc3ccccc3c2)C1=O)[C@@H]1CCS(=O)(=O)C1. The lowest BCUT2D eigenvalue weighted by Gasteiger charge is -2.30. The molecular formula is C21H25N3O4S. The molecule has 2 fully saturated rings. The van der Waals surface area contributed by atoms with Crippen molar-refractivity contribution in [3.05, 3.63) is 48.0 Å². The van der Waals surface area contributed by atoms with Crippen LogP contribution in [0.3, 0.4) is 0 Å². The highest BCUT2D eigenvalue weighted by molar-refractivity contribution is 7.91. The Kier molecular flexibility index (Phi) is 4.86. The minimum atomic E-state index is -3.04. The van der Waals surface area contributed by atoms with Crippen LogP contribution in [-0.4, -0.2) is 60.9 Å². The molecular weight excluding hydrogens is 390 g/mol. The van der Waals surface area contributed by atoms with E-state index in [1.54, 1.807) is 6.92 Å². The lowest BCUT2D eigenvalue weighted by Crippen LogP contribution is -2.47. The van der Waals surface area contributed by atoms with Crippen molar-refractivity contribution in [1.82, 2.24) is 15.1 Å². The lowest BCUT2D eigenvalue weighted by atomic mass is 9.90. The quantitative estimate of drug-likeness (QED) is 0.756. The summed E-state index contributed by atoms with van der Waals surface area (Å²) in [6.45, 7) is 4.27.